The molecule has 0 spiro atoms. The van der Waals surface area contributed by atoms with Crippen LogP contribution < -0.4 is 4.90 Å². The van der Waals surface area contributed by atoms with Crippen LogP contribution in [-0.4, -0.2) is 0 Å². The van der Waals surface area contributed by atoms with Crippen LogP contribution in [0, 0.1) is 0 Å². The van der Waals surface area contributed by atoms with Crippen LogP contribution >= 0.6 is 0 Å². The first kappa shape index (κ1) is 31.6. The fourth-order valence-electron chi connectivity index (χ4n) is 7.79. The lowest BCUT2D eigenvalue weighted by Crippen LogP contribution is -2.13. The van der Waals surface area contributed by atoms with Crippen molar-refractivity contribution in [3.63, 3.8) is 0 Å². The summed E-state index contributed by atoms with van der Waals surface area (Å²) >= 11 is 0. The third kappa shape index (κ3) is 5.71. The van der Waals surface area contributed by atoms with Crippen molar-refractivity contribution in [3.8, 4) is 44.5 Å². The van der Waals surface area contributed by atoms with Gasteiger partial charge in [-0.1, -0.05) is 158 Å². The van der Waals surface area contributed by atoms with E-state index >= 15 is 0 Å². The first-order chi connectivity index (χ1) is 26.8. The Labute approximate surface area is 314 Å². The Kier molecular flexibility index (Phi) is 7.85. The molecule has 1 heterocycles. The van der Waals surface area contributed by atoms with E-state index in [2.05, 4.69) is 205 Å². The second-order valence-corrected chi connectivity index (χ2v) is 13.7. The van der Waals surface area contributed by atoms with E-state index in [1.54, 1.807) is 0 Å². The maximum atomic E-state index is 6.52. The molecular formula is C52H35NO. The van der Waals surface area contributed by atoms with E-state index in [9.17, 15) is 0 Å². The minimum atomic E-state index is 0.857. The van der Waals surface area contributed by atoms with Crippen molar-refractivity contribution in [2.75, 3.05) is 4.90 Å². The molecule has 0 aliphatic carbocycles. The first-order valence-electron chi connectivity index (χ1n) is 18.4. The van der Waals surface area contributed by atoms with Crippen LogP contribution in [0.5, 0.6) is 0 Å². The number of furan rings is 1. The molecule has 254 valence electrons. The molecule has 10 rings (SSSR count). The van der Waals surface area contributed by atoms with Gasteiger partial charge in [0.15, 0.2) is 0 Å². The number of benzene rings is 9. The number of hydrogen-bond donors (Lipinski definition) is 0. The standard InChI is InChI=1S/C52H35NO/c1-5-15-36(16-6-1)40-25-26-42-32-44(28-27-41(42)31-40)53(45-29-30-47-46-23-13-14-24-50(46)54-51(47)35-45)52-48(38-19-9-3-10-20-38)33-43(37-17-7-2-8-18-37)34-49(52)39-21-11-4-12-22-39/h1-35H. The molecule has 0 unspecified atom stereocenters. The van der Waals surface area contributed by atoms with E-state index in [1.807, 2.05) is 12.1 Å². The minimum Gasteiger partial charge on any atom is -0.456 e. The first-order valence-corrected chi connectivity index (χ1v) is 18.4. The van der Waals surface area contributed by atoms with Crippen LogP contribution in [0.1, 0.15) is 0 Å². The Balaban J connectivity index is 1.27. The quantitative estimate of drug-likeness (QED) is 0.166. The van der Waals surface area contributed by atoms with Crippen molar-refractivity contribution < 1.29 is 4.42 Å². The number of fused-ring (bicyclic) bond motifs is 4. The molecule has 0 aliphatic rings. The highest BCUT2D eigenvalue weighted by Gasteiger charge is 2.24. The van der Waals surface area contributed by atoms with Crippen molar-refractivity contribution in [2.24, 2.45) is 0 Å². The van der Waals surface area contributed by atoms with Crippen molar-refractivity contribution in [1.82, 2.24) is 0 Å². The van der Waals surface area contributed by atoms with E-state index in [0.29, 0.717) is 0 Å². The summed E-state index contributed by atoms with van der Waals surface area (Å²) in [5, 5.41) is 4.59. The predicted octanol–water partition coefficient (Wildman–Crippen LogP) is 14.9. The van der Waals surface area contributed by atoms with Gasteiger partial charge >= 0.3 is 0 Å². The topological polar surface area (TPSA) is 16.4 Å². The SMILES string of the molecule is c1ccc(-c2cc(-c3ccccc3)c(N(c3ccc4cc(-c5ccccc5)ccc4c3)c3ccc4c(c3)oc3ccccc34)c(-c3ccccc3)c2)cc1. The normalized spacial score (nSPS) is 11.3. The summed E-state index contributed by atoms with van der Waals surface area (Å²) in [6.45, 7) is 0. The lowest BCUT2D eigenvalue weighted by molar-refractivity contribution is 0.669. The zero-order valence-corrected chi connectivity index (χ0v) is 29.6. The van der Waals surface area contributed by atoms with Crippen LogP contribution in [0.25, 0.3) is 77.2 Å². The summed E-state index contributed by atoms with van der Waals surface area (Å²) in [6, 6.07) is 76.1. The number of nitrogens with zero attached hydrogens (tertiary/aromatic N) is 1. The molecule has 0 aliphatic heterocycles. The highest BCUT2D eigenvalue weighted by molar-refractivity contribution is 6.07. The number of para-hydroxylation sites is 1. The van der Waals surface area contributed by atoms with Crippen LogP contribution in [0.2, 0.25) is 0 Å². The number of rotatable bonds is 7. The van der Waals surface area contributed by atoms with Gasteiger partial charge in [0.05, 0.1) is 5.69 Å². The summed E-state index contributed by atoms with van der Waals surface area (Å²) in [7, 11) is 0. The largest absolute Gasteiger partial charge is 0.456 e. The average molecular weight is 690 g/mol. The van der Waals surface area contributed by atoms with Crippen LogP contribution in [0.4, 0.5) is 17.1 Å². The lowest BCUT2D eigenvalue weighted by atomic mass is 9.89. The third-order valence-corrected chi connectivity index (χ3v) is 10.4. The van der Waals surface area contributed by atoms with Gasteiger partial charge in [0, 0.05) is 39.3 Å². The van der Waals surface area contributed by atoms with Gasteiger partial charge in [-0.05, 0) is 92.7 Å². The van der Waals surface area contributed by atoms with Gasteiger partial charge in [-0.2, -0.15) is 0 Å². The second kappa shape index (κ2) is 13.4. The molecule has 2 heteroatoms. The van der Waals surface area contributed by atoms with E-state index in [1.165, 1.54) is 27.5 Å². The van der Waals surface area contributed by atoms with E-state index in [0.717, 1.165) is 66.8 Å². The van der Waals surface area contributed by atoms with Crippen LogP contribution in [0.3, 0.4) is 0 Å². The van der Waals surface area contributed by atoms with E-state index in [-0.39, 0.29) is 0 Å². The fraction of sp³-hybridized carbons (Fsp3) is 0. The third-order valence-electron chi connectivity index (χ3n) is 10.4. The molecule has 2 nitrogen and oxygen atoms in total. The molecule has 0 amide bonds. The maximum absolute atomic E-state index is 6.52. The molecule has 0 fully saturated rings. The summed E-state index contributed by atoms with van der Waals surface area (Å²) in [5.41, 5.74) is 14.2. The average Bonchev–Trinajstić information content (AvgIpc) is 3.63. The zero-order valence-electron chi connectivity index (χ0n) is 29.6. The molecule has 1 aromatic heterocycles. The van der Waals surface area contributed by atoms with Crippen LogP contribution in [0.15, 0.2) is 217 Å². The van der Waals surface area contributed by atoms with Crippen LogP contribution in [-0.2, 0) is 0 Å². The Morgan fingerprint density at radius 3 is 1.43 bits per heavy atom. The van der Waals surface area contributed by atoms with Gasteiger partial charge in [-0.25, -0.2) is 0 Å². The Morgan fingerprint density at radius 2 is 0.778 bits per heavy atom. The minimum absolute atomic E-state index is 0.857. The van der Waals surface area contributed by atoms with E-state index < -0.39 is 0 Å². The smallest absolute Gasteiger partial charge is 0.137 e. The maximum Gasteiger partial charge on any atom is 0.137 e. The Morgan fingerprint density at radius 1 is 0.296 bits per heavy atom. The molecular weight excluding hydrogens is 655 g/mol. The zero-order chi connectivity index (χ0) is 35.8. The molecule has 9 aromatic carbocycles. The Bertz CT molecular complexity index is 2850. The van der Waals surface area contributed by atoms with Crippen molar-refractivity contribution in [3.05, 3.63) is 212 Å². The van der Waals surface area contributed by atoms with Crippen molar-refractivity contribution in [2.45, 2.75) is 0 Å². The molecule has 54 heavy (non-hydrogen) atoms. The highest BCUT2D eigenvalue weighted by atomic mass is 16.3. The molecule has 0 radical (unpaired) electrons. The molecule has 0 saturated carbocycles. The van der Waals surface area contributed by atoms with Gasteiger partial charge in [-0.15, -0.1) is 0 Å². The second-order valence-electron chi connectivity index (χ2n) is 13.7. The number of hydrogen-bond acceptors (Lipinski definition) is 2. The summed E-state index contributed by atoms with van der Waals surface area (Å²) < 4.78 is 6.52. The highest BCUT2D eigenvalue weighted by Crippen LogP contribution is 2.49. The molecule has 0 saturated heterocycles. The van der Waals surface area contributed by atoms with Gasteiger partial charge in [0.2, 0.25) is 0 Å². The van der Waals surface area contributed by atoms with Gasteiger partial charge in [0.1, 0.15) is 11.2 Å². The number of anilines is 3. The van der Waals surface area contributed by atoms with E-state index in [4.69, 9.17) is 4.42 Å². The predicted molar refractivity (Wildman–Crippen MR) is 228 cm³/mol. The molecule has 10 aromatic rings. The Hall–Kier alpha value is -7.16. The van der Waals surface area contributed by atoms with Crippen molar-refractivity contribution >= 4 is 49.8 Å². The monoisotopic (exact) mass is 689 g/mol. The summed E-state index contributed by atoms with van der Waals surface area (Å²) in [5.74, 6) is 0. The molecule has 0 N–H and O–H groups in total. The summed E-state index contributed by atoms with van der Waals surface area (Å²) in [6.07, 6.45) is 0. The molecule has 0 bridgehead atoms. The fourth-order valence-corrected chi connectivity index (χ4v) is 7.79. The summed E-state index contributed by atoms with van der Waals surface area (Å²) in [4.78, 5) is 2.43. The van der Waals surface area contributed by atoms with Gasteiger partial charge in [0.25, 0.3) is 0 Å². The van der Waals surface area contributed by atoms with Crippen molar-refractivity contribution in [1.29, 1.82) is 0 Å². The van der Waals surface area contributed by atoms with Gasteiger partial charge < -0.3 is 9.32 Å². The molecule has 0 atom stereocenters. The van der Waals surface area contributed by atoms with Gasteiger partial charge in [-0.3, -0.25) is 0 Å². The lowest BCUT2D eigenvalue weighted by Gasteiger charge is -2.31.